The second-order valence-corrected chi connectivity index (χ2v) is 7.87. The molecule has 1 aromatic heterocycles. The van der Waals surface area contributed by atoms with Crippen LogP contribution in [0.25, 0.3) is 0 Å². The van der Waals surface area contributed by atoms with Crippen molar-refractivity contribution in [3.63, 3.8) is 0 Å². The number of hydrogen-bond acceptors (Lipinski definition) is 7. The van der Waals surface area contributed by atoms with Gasteiger partial charge in [0.2, 0.25) is 11.8 Å². The number of aliphatic hydroxyl groups excluding tert-OH is 1. The molecule has 0 aliphatic carbocycles. The van der Waals surface area contributed by atoms with E-state index in [1.165, 1.54) is 12.1 Å². The zero-order chi connectivity index (χ0) is 29.7. The van der Waals surface area contributed by atoms with Crippen LogP contribution in [-0.2, 0) is 6.54 Å². The quantitative estimate of drug-likeness (QED) is 0.262. The van der Waals surface area contributed by atoms with Crippen LogP contribution in [0.1, 0.15) is 5.56 Å². The van der Waals surface area contributed by atoms with Gasteiger partial charge < -0.3 is 24.2 Å². The normalized spacial score (nSPS) is 13.2. The first-order valence-corrected chi connectivity index (χ1v) is 10.8. The lowest BCUT2D eigenvalue weighted by Gasteiger charge is -2.27. The molecular formula is C23H17F10N3O4. The molecule has 2 aromatic carbocycles. The molecule has 0 radical (unpaired) electrons. The fraction of sp³-hybridized carbons (Fsp3) is 0.304. The smallest absolute Gasteiger partial charge is 0.439 e. The molecule has 1 atom stereocenters. The predicted molar refractivity (Wildman–Crippen MR) is 116 cm³/mol. The van der Waals surface area contributed by atoms with E-state index in [2.05, 4.69) is 19.4 Å². The van der Waals surface area contributed by atoms with Crippen molar-refractivity contribution in [2.45, 2.75) is 37.7 Å². The van der Waals surface area contributed by atoms with Crippen LogP contribution < -0.4 is 19.1 Å². The molecule has 0 saturated heterocycles. The summed E-state index contributed by atoms with van der Waals surface area (Å²) < 4.78 is 141. The molecule has 0 unspecified atom stereocenters. The van der Waals surface area contributed by atoms with Gasteiger partial charge in [-0.15, -0.1) is 13.2 Å². The summed E-state index contributed by atoms with van der Waals surface area (Å²) in [6.45, 7) is -1.73. The molecule has 0 aliphatic heterocycles. The van der Waals surface area contributed by atoms with Crippen LogP contribution in [0, 0.1) is 0 Å². The van der Waals surface area contributed by atoms with Gasteiger partial charge in [0.1, 0.15) is 17.2 Å². The summed E-state index contributed by atoms with van der Waals surface area (Å²) in [6, 6.07) is 9.50. The van der Waals surface area contributed by atoms with Crippen LogP contribution in [0.5, 0.6) is 23.1 Å². The zero-order valence-corrected chi connectivity index (χ0v) is 19.6. The van der Waals surface area contributed by atoms with Crippen LogP contribution in [0.4, 0.5) is 49.9 Å². The van der Waals surface area contributed by atoms with E-state index < -0.39 is 61.7 Å². The van der Waals surface area contributed by atoms with Crippen LogP contribution in [-0.4, -0.2) is 52.8 Å². The molecule has 0 aliphatic rings. The highest BCUT2D eigenvalue weighted by atomic mass is 19.4. The molecule has 218 valence electrons. The average molecular weight is 589 g/mol. The molecule has 1 heterocycles. The van der Waals surface area contributed by atoms with Gasteiger partial charge in [-0.1, -0.05) is 18.2 Å². The molecule has 7 nitrogen and oxygen atoms in total. The Morgan fingerprint density at radius 3 is 2.08 bits per heavy atom. The summed E-state index contributed by atoms with van der Waals surface area (Å²) in [5.41, 5.74) is -0.0242. The third-order valence-electron chi connectivity index (χ3n) is 4.71. The van der Waals surface area contributed by atoms with E-state index in [0.29, 0.717) is 0 Å². The van der Waals surface area contributed by atoms with Crippen molar-refractivity contribution in [3.8, 4) is 23.1 Å². The highest BCUT2D eigenvalue weighted by molar-refractivity contribution is 5.39. The van der Waals surface area contributed by atoms with Gasteiger partial charge >= 0.3 is 25.1 Å². The van der Waals surface area contributed by atoms with E-state index in [4.69, 9.17) is 4.74 Å². The predicted octanol–water partition coefficient (Wildman–Crippen LogP) is 6.33. The van der Waals surface area contributed by atoms with Crippen LogP contribution in [0.2, 0.25) is 0 Å². The molecule has 0 fully saturated rings. The first-order valence-electron chi connectivity index (χ1n) is 10.8. The number of halogens is 10. The maximum absolute atomic E-state index is 13.3. The van der Waals surface area contributed by atoms with Gasteiger partial charge in [0.15, 0.2) is 6.10 Å². The van der Waals surface area contributed by atoms with Crippen molar-refractivity contribution in [3.05, 3.63) is 66.4 Å². The number of hydrogen-bond donors (Lipinski definition) is 1. The van der Waals surface area contributed by atoms with Crippen molar-refractivity contribution in [1.29, 1.82) is 0 Å². The standard InChI is InChI=1S/C23H17F10N3O4/c24-19(25)22(29,30)39-15-5-1-3-13(9-15)11-36(12-17(37)21(26,27)28)20-34-8-7-18(35-20)38-14-4-2-6-16(10-14)40-23(31,32)33/h1-10,17,19,37H,11-12H2/t17-/m1/s1. The van der Waals surface area contributed by atoms with E-state index in [-0.39, 0.29) is 17.2 Å². The number of aromatic nitrogens is 2. The van der Waals surface area contributed by atoms with Crippen molar-refractivity contribution < 1.29 is 63.2 Å². The minimum absolute atomic E-state index is 0.0242. The molecule has 3 rings (SSSR count). The molecular weight excluding hydrogens is 572 g/mol. The molecule has 40 heavy (non-hydrogen) atoms. The zero-order valence-electron chi connectivity index (χ0n) is 19.6. The van der Waals surface area contributed by atoms with E-state index >= 15 is 0 Å². The fourth-order valence-electron chi connectivity index (χ4n) is 3.06. The van der Waals surface area contributed by atoms with Crippen molar-refractivity contribution in [2.75, 3.05) is 11.4 Å². The minimum atomic E-state index is -5.09. The lowest BCUT2D eigenvalue weighted by atomic mass is 10.2. The Kier molecular flexibility index (Phi) is 9.17. The summed E-state index contributed by atoms with van der Waals surface area (Å²) in [4.78, 5) is 8.50. The topological polar surface area (TPSA) is 76.9 Å². The number of aliphatic hydroxyl groups is 1. The highest BCUT2D eigenvalue weighted by Gasteiger charge is 2.44. The van der Waals surface area contributed by atoms with Crippen molar-refractivity contribution in [1.82, 2.24) is 9.97 Å². The third kappa shape index (κ3) is 9.03. The summed E-state index contributed by atoms with van der Waals surface area (Å²) in [5, 5.41) is 9.63. The van der Waals surface area contributed by atoms with Crippen molar-refractivity contribution in [2.24, 2.45) is 0 Å². The second kappa shape index (κ2) is 12.0. The Morgan fingerprint density at radius 1 is 0.825 bits per heavy atom. The maximum Gasteiger partial charge on any atom is 0.573 e. The Labute approximate surface area is 218 Å². The minimum Gasteiger partial charge on any atom is -0.439 e. The third-order valence-corrected chi connectivity index (χ3v) is 4.71. The largest absolute Gasteiger partial charge is 0.573 e. The van der Waals surface area contributed by atoms with Crippen LogP contribution in [0.3, 0.4) is 0 Å². The second-order valence-electron chi connectivity index (χ2n) is 7.87. The fourth-order valence-corrected chi connectivity index (χ4v) is 3.06. The Balaban J connectivity index is 1.88. The number of rotatable bonds is 11. The van der Waals surface area contributed by atoms with Crippen LogP contribution >= 0.6 is 0 Å². The van der Waals surface area contributed by atoms with Crippen molar-refractivity contribution >= 4 is 5.95 Å². The number of benzene rings is 2. The first-order chi connectivity index (χ1) is 18.5. The monoisotopic (exact) mass is 589 g/mol. The first kappa shape index (κ1) is 30.5. The van der Waals surface area contributed by atoms with Gasteiger partial charge in [0, 0.05) is 24.9 Å². The summed E-state index contributed by atoms with van der Waals surface area (Å²) >= 11 is 0. The van der Waals surface area contributed by atoms with Crippen LogP contribution in [0.15, 0.2) is 60.8 Å². The number of ether oxygens (including phenoxy) is 3. The number of nitrogens with zero attached hydrogens (tertiary/aromatic N) is 3. The Bertz CT molecular complexity index is 1270. The van der Waals surface area contributed by atoms with E-state index in [9.17, 15) is 49.0 Å². The van der Waals surface area contributed by atoms with Gasteiger partial charge in [0.05, 0.1) is 6.54 Å². The molecule has 0 saturated carbocycles. The SMILES string of the molecule is O[C@H](CN(Cc1cccc(OC(F)(F)C(F)F)c1)c1nccc(Oc2cccc(OC(F)(F)F)c2)n1)C(F)(F)F. The molecule has 0 spiro atoms. The highest BCUT2D eigenvalue weighted by Crippen LogP contribution is 2.31. The number of alkyl halides is 10. The van der Waals surface area contributed by atoms with E-state index in [1.807, 2.05) is 0 Å². The molecule has 0 bridgehead atoms. The number of anilines is 1. The Hall–Kier alpha value is -4.02. The lowest BCUT2D eigenvalue weighted by Crippen LogP contribution is -2.41. The summed E-state index contributed by atoms with van der Waals surface area (Å²) in [6.07, 6.45) is -21.0. The van der Waals surface area contributed by atoms with E-state index in [0.717, 1.165) is 53.6 Å². The van der Waals surface area contributed by atoms with Gasteiger partial charge in [-0.25, -0.2) is 4.98 Å². The molecule has 1 N–H and O–H groups in total. The molecule has 0 amide bonds. The van der Waals surface area contributed by atoms with Gasteiger partial charge in [-0.05, 0) is 29.8 Å². The van der Waals surface area contributed by atoms with E-state index in [1.54, 1.807) is 0 Å². The van der Waals surface area contributed by atoms with Gasteiger partial charge in [-0.3, -0.25) is 0 Å². The Morgan fingerprint density at radius 2 is 1.45 bits per heavy atom. The summed E-state index contributed by atoms with van der Waals surface area (Å²) in [5.74, 6) is -2.37. The average Bonchev–Trinajstić information content (AvgIpc) is 2.82. The van der Waals surface area contributed by atoms with Gasteiger partial charge in [0.25, 0.3) is 0 Å². The lowest BCUT2D eigenvalue weighted by molar-refractivity contribution is -0.274. The molecule has 17 heteroatoms. The molecule has 3 aromatic rings. The summed E-state index contributed by atoms with van der Waals surface area (Å²) in [7, 11) is 0. The maximum atomic E-state index is 13.3. The van der Waals surface area contributed by atoms with Gasteiger partial charge in [-0.2, -0.15) is 35.7 Å².